The van der Waals surface area contributed by atoms with Gasteiger partial charge in [-0.3, -0.25) is 0 Å². The van der Waals surface area contributed by atoms with Gasteiger partial charge in [0.15, 0.2) is 0 Å². The van der Waals surface area contributed by atoms with E-state index in [1.54, 1.807) is 0 Å². The monoisotopic (exact) mass is 865 g/mol. The molecule has 0 aliphatic heterocycles. The first-order valence-corrected chi connectivity index (χ1v) is 23.5. The number of anilines is 3. The Morgan fingerprint density at radius 2 is 0.877 bits per heavy atom. The number of thiophene rings is 2. The molecule has 0 fully saturated rings. The van der Waals surface area contributed by atoms with Crippen LogP contribution in [0.25, 0.3) is 118 Å². The molecule has 0 amide bonds. The minimum absolute atomic E-state index is 0.818. The van der Waals surface area contributed by atoms with Gasteiger partial charge in [0, 0.05) is 96.1 Å². The van der Waals surface area contributed by atoms with Crippen LogP contribution in [0.2, 0.25) is 0 Å². The summed E-state index contributed by atoms with van der Waals surface area (Å²) in [5.74, 6) is 0. The van der Waals surface area contributed by atoms with Crippen LogP contribution in [-0.4, -0.2) is 0 Å². The zero-order chi connectivity index (χ0) is 42.6. The summed E-state index contributed by atoms with van der Waals surface area (Å²) in [6.07, 6.45) is 0. The number of benzene rings is 10. The lowest BCUT2D eigenvalue weighted by atomic mass is 9.95. The van der Waals surface area contributed by atoms with Gasteiger partial charge in [0.1, 0.15) is 22.3 Å². The Bertz CT molecular complexity index is 4170. The van der Waals surface area contributed by atoms with Crippen LogP contribution >= 0.6 is 22.7 Å². The summed E-state index contributed by atoms with van der Waals surface area (Å²) in [7, 11) is 0. The van der Waals surface area contributed by atoms with Gasteiger partial charge in [-0.25, -0.2) is 0 Å². The second-order valence-corrected chi connectivity index (χ2v) is 18.8. The molecule has 65 heavy (non-hydrogen) atoms. The van der Waals surface area contributed by atoms with Gasteiger partial charge in [0.25, 0.3) is 0 Å². The second-order valence-electron chi connectivity index (χ2n) is 16.7. The Kier molecular flexibility index (Phi) is 8.02. The Balaban J connectivity index is 0.961. The quantitative estimate of drug-likeness (QED) is 0.167. The molecule has 0 saturated heterocycles. The molecule has 0 spiro atoms. The van der Waals surface area contributed by atoms with Gasteiger partial charge >= 0.3 is 0 Å². The van der Waals surface area contributed by atoms with E-state index in [-0.39, 0.29) is 0 Å². The van der Waals surface area contributed by atoms with Crippen LogP contribution in [0.1, 0.15) is 0 Å². The van der Waals surface area contributed by atoms with Crippen molar-refractivity contribution < 1.29 is 8.83 Å². The molecule has 4 heterocycles. The predicted octanol–water partition coefficient (Wildman–Crippen LogP) is 18.7. The molecule has 0 bridgehead atoms. The molecule has 0 N–H and O–H groups in total. The van der Waals surface area contributed by atoms with E-state index in [0.29, 0.717) is 0 Å². The van der Waals surface area contributed by atoms with Crippen molar-refractivity contribution in [2.45, 2.75) is 0 Å². The number of fused-ring (bicyclic) bond motifs is 12. The van der Waals surface area contributed by atoms with E-state index < -0.39 is 0 Å². The Morgan fingerprint density at radius 1 is 0.323 bits per heavy atom. The number of para-hydroxylation sites is 1. The fraction of sp³-hybridized carbons (Fsp3) is 0. The molecular formula is C60H35NO2S2. The van der Waals surface area contributed by atoms with Gasteiger partial charge in [-0.1, -0.05) is 146 Å². The molecule has 0 radical (unpaired) electrons. The van der Waals surface area contributed by atoms with E-state index in [2.05, 4.69) is 211 Å². The van der Waals surface area contributed by atoms with Crippen LogP contribution in [0.4, 0.5) is 17.1 Å². The summed E-state index contributed by atoms with van der Waals surface area (Å²) in [6.45, 7) is 0. The van der Waals surface area contributed by atoms with Crippen molar-refractivity contribution in [3.63, 3.8) is 0 Å². The zero-order valence-corrected chi connectivity index (χ0v) is 36.4. The number of nitrogens with zero attached hydrogens (tertiary/aromatic N) is 1. The molecule has 0 saturated carbocycles. The molecule has 14 rings (SSSR count). The van der Waals surface area contributed by atoms with E-state index in [1.807, 2.05) is 28.7 Å². The van der Waals surface area contributed by atoms with E-state index in [9.17, 15) is 0 Å². The van der Waals surface area contributed by atoms with Crippen LogP contribution in [0, 0.1) is 0 Å². The summed E-state index contributed by atoms with van der Waals surface area (Å²) in [5.41, 5.74) is 13.5. The second kappa shape index (κ2) is 14.3. The van der Waals surface area contributed by atoms with Crippen LogP contribution in [0.5, 0.6) is 0 Å². The molecule has 0 aliphatic carbocycles. The van der Waals surface area contributed by atoms with Crippen molar-refractivity contribution in [3.8, 4) is 33.4 Å². The normalized spacial score (nSPS) is 12.0. The minimum atomic E-state index is 0.818. The fourth-order valence-electron chi connectivity index (χ4n) is 10.1. The molecule has 3 nitrogen and oxygen atoms in total. The van der Waals surface area contributed by atoms with E-state index in [0.717, 1.165) is 72.1 Å². The molecule has 0 unspecified atom stereocenters. The van der Waals surface area contributed by atoms with Gasteiger partial charge in [-0.05, 0) is 82.9 Å². The first-order chi connectivity index (χ1) is 32.2. The third-order valence-corrected chi connectivity index (χ3v) is 15.5. The summed E-state index contributed by atoms with van der Waals surface area (Å²) in [5, 5.41) is 9.36. The lowest BCUT2D eigenvalue weighted by Gasteiger charge is -2.26. The van der Waals surface area contributed by atoms with Crippen LogP contribution in [0.15, 0.2) is 221 Å². The Labute approximate surface area is 381 Å². The smallest absolute Gasteiger partial charge is 0.144 e. The largest absolute Gasteiger partial charge is 0.456 e. The van der Waals surface area contributed by atoms with Gasteiger partial charge in [-0.15, -0.1) is 22.7 Å². The molecule has 0 atom stereocenters. The summed E-state index contributed by atoms with van der Waals surface area (Å²) < 4.78 is 19.0. The molecule has 14 aromatic rings. The van der Waals surface area contributed by atoms with Gasteiger partial charge < -0.3 is 13.7 Å². The van der Waals surface area contributed by atoms with Crippen LogP contribution in [-0.2, 0) is 0 Å². The van der Waals surface area contributed by atoms with Crippen molar-refractivity contribution in [2.75, 3.05) is 4.90 Å². The van der Waals surface area contributed by atoms with Gasteiger partial charge in [-0.2, -0.15) is 0 Å². The average Bonchev–Trinajstić information content (AvgIpc) is 4.14. The maximum Gasteiger partial charge on any atom is 0.144 e. The number of hydrogen-bond acceptors (Lipinski definition) is 5. The lowest BCUT2D eigenvalue weighted by molar-refractivity contribution is 0.664. The molecule has 10 aromatic carbocycles. The van der Waals surface area contributed by atoms with Crippen molar-refractivity contribution >= 4 is 124 Å². The molecule has 4 aromatic heterocycles. The number of rotatable bonds is 6. The highest BCUT2D eigenvalue weighted by atomic mass is 32.1. The predicted molar refractivity (Wildman–Crippen MR) is 278 cm³/mol. The maximum absolute atomic E-state index is 7.21. The fourth-order valence-corrected chi connectivity index (χ4v) is 12.5. The molecule has 0 aliphatic rings. The van der Waals surface area contributed by atoms with Crippen molar-refractivity contribution in [1.29, 1.82) is 0 Å². The van der Waals surface area contributed by atoms with Crippen molar-refractivity contribution in [2.24, 2.45) is 0 Å². The standard InChI is InChI=1S/C60H35NO2S2/c1-2-12-36(13-3-1)37-24-28-39(29-25-37)61(40-30-26-38(27-31-40)42-17-10-18-46-44-14-5-8-22-54(44)64-59(42)46)41-32-33-43-50-35-53-56(48-16-4-7-21-51(48)62-53)57(58(50)63-52(43)34-41)49-20-11-19-47-45-15-6-9-23-55(45)65-60(47)49/h1-35H. The molecular weight excluding hydrogens is 831 g/mol. The summed E-state index contributed by atoms with van der Waals surface area (Å²) >= 11 is 3.70. The third kappa shape index (κ3) is 5.66. The first-order valence-electron chi connectivity index (χ1n) is 21.9. The van der Waals surface area contributed by atoms with E-state index in [4.69, 9.17) is 8.83 Å². The first kappa shape index (κ1) is 36.5. The summed E-state index contributed by atoms with van der Waals surface area (Å²) in [6, 6.07) is 76.4. The lowest BCUT2D eigenvalue weighted by Crippen LogP contribution is -2.09. The zero-order valence-electron chi connectivity index (χ0n) is 34.8. The Hall–Kier alpha value is -7.96. The molecule has 5 heteroatoms. The third-order valence-electron chi connectivity index (χ3n) is 13.1. The summed E-state index contributed by atoms with van der Waals surface area (Å²) in [4.78, 5) is 2.34. The van der Waals surface area contributed by atoms with Crippen LogP contribution < -0.4 is 4.90 Å². The average molecular weight is 866 g/mol. The SMILES string of the molecule is c1ccc(-c2ccc(N(c3ccc(-c4cccc5c4sc4ccccc45)cc3)c3ccc4c(c3)oc3c(-c5cccc6c5sc5ccccc56)c5c(cc34)oc3ccccc35)cc2)cc1. The van der Waals surface area contributed by atoms with Gasteiger partial charge in [0.05, 0.1) is 0 Å². The van der Waals surface area contributed by atoms with Gasteiger partial charge in [0.2, 0.25) is 0 Å². The topological polar surface area (TPSA) is 29.5 Å². The minimum Gasteiger partial charge on any atom is -0.456 e. The highest BCUT2D eigenvalue weighted by Gasteiger charge is 2.24. The van der Waals surface area contributed by atoms with E-state index in [1.165, 1.54) is 62.6 Å². The molecule has 304 valence electrons. The van der Waals surface area contributed by atoms with Crippen LogP contribution in [0.3, 0.4) is 0 Å². The number of hydrogen-bond donors (Lipinski definition) is 0. The Morgan fingerprint density at radius 3 is 1.58 bits per heavy atom. The number of furan rings is 2. The highest BCUT2D eigenvalue weighted by Crippen LogP contribution is 2.50. The van der Waals surface area contributed by atoms with Crippen molar-refractivity contribution in [3.05, 3.63) is 212 Å². The van der Waals surface area contributed by atoms with Crippen molar-refractivity contribution in [1.82, 2.24) is 0 Å². The highest BCUT2D eigenvalue weighted by molar-refractivity contribution is 7.26. The van der Waals surface area contributed by atoms with E-state index >= 15 is 0 Å². The maximum atomic E-state index is 7.21.